The predicted octanol–water partition coefficient (Wildman–Crippen LogP) is 3.46. The molecule has 0 aliphatic heterocycles. The zero-order valence-electron chi connectivity index (χ0n) is 16.7. The van der Waals surface area contributed by atoms with E-state index >= 15 is 0 Å². The van der Waals surface area contributed by atoms with Crippen molar-refractivity contribution >= 4 is 11.8 Å². The van der Waals surface area contributed by atoms with Crippen LogP contribution in [-0.2, 0) is 0 Å². The molecule has 2 aromatic carbocycles. The van der Waals surface area contributed by atoms with E-state index < -0.39 is 5.97 Å². The van der Waals surface area contributed by atoms with Gasteiger partial charge in [-0.25, -0.2) is 4.79 Å². The number of aryl methyl sites for hydroxylation is 2. The molecule has 0 saturated carbocycles. The van der Waals surface area contributed by atoms with Crippen molar-refractivity contribution in [1.82, 2.24) is 30.8 Å². The van der Waals surface area contributed by atoms with Crippen molar-refractivity contribution in [2.75, 3.05) is 0 Å². The van der Waals surface area contributed by atoms with Crippen molar-refractivity contribution in [1.29, 1.82) is 0 Å². The Balaban J connectivity index is 0.000000171. The monoisotopic (exact) mass is 404 g/mol. The lowest BCUT2D eigenvalue weighted by Crippen LogP contribution is -1.99. The lowest BCUT2D eigenvalue weighted by Gasteiger charge is -2.01. The van der Waals surface area contributed by atoms with Crippen LogP contribution in [0, 0.1) is 13.8 Å². The minimum absolute atomic E-state index is 0.0516. The molecule has 3 N–H and O–H groups in total. The number of ketones is 1. The molecule has 2 heterocycles. The average Bonchev–Trinajstić information content (AvgIpc) is 3.39. The Hall–Kier alpha value is -4.14. The lowest BCUT2D eigenvalue weighted by atomic mass is 10.0. The molecule has 0 saturated heterocycles. The number of aromatic amines is 2. The molecule has 0 fully saturated rings. The van der Waals surface area contributed by atoms with E-state index in [9.17, 15) is 9.59 Å². The first-order valence-electron chi connectivity index (χ1n) is 9.08. The Kier molecular flexibility index (Phi) is 6.11. The number of hydrogen-bond acceptors (Lipinski definition) is 6. The van der Waals surface area contributed by atoms with Gasteiger partial charge in [-0.3, -0.25) is 4.79 Å². The number of aromatic nitrogens is 6. The topological polar surface area (TPSA) is 138 Å². The first kappa shape index (κ1) is 20.6. The molecule has 4 aromatic rings. The van der Waals surface area contributed by atoms with Crippen LogP contribution in [0.25, 0.3) is 22.5 Å². The number of Topliss-reactive ketones (excluding diaryl/α,β-unsaturated/α-hetero) is 1. The van der Waals surface area contributed by atoms with Gasteiger partial charge in [0.15, 0.2) is 17.2 Å². The van der Waals surface area contributed by atoms with E-state index in [0.717, 1.165) is 22.3 Å². The van der Waals surface area contributed by atoms with Gasteiger partial charge in [0.25, 0.3) is 0 Å². The van der Waals surface area contributed by atoms with Crippen LogP contribution in [0.4, 0.5) is 0 Å². The van der Waals surface area contributed by atoms with Crippen LogP contribution in [0.1, 0.15) is 39.0 Å². The highest BCUT2D eigenvalue weighted by Crippen LogP contribution is 2.24. The third kappa shape index (κ3) is 4.30. The van der Waals surface area contributed by atoms with Crippen LogP contribution in [0.3, 0.4) is 0 Å². The van der Waals surface area contributed by atoms with Crippen LogP contribution in [0.2, 0.25) is 0 Å². The SMILES string of the molecule is CC(=O)c1n[nH]nc1-c1ccccc1C.Cc1ccccc1-c1n[nH]nc1C(=O)O. The van der Waals surface area contributed by atoms with Crippen LogP contribution in [0.5, 0.6) is 0 Å². The number of nitrogens with zero attached hydrogens (tertiary/aromatic N) is 4. The Morgan fingerprint density at radius 2 is 1.17 bits per heavy atom. The highest BCUT2D eigenvalue weighted by atomic mass is 16.4. The average molecular weight is 404 g/mol. The summed E-state index contributed by atoms with van der Waals surface area (Å²) in [7, 11) is 0. The summed E-state index contributed by atoms with van der Waals surface area (Å²) in [6.45, 7) is 5.36. The molecule has 152 valence electrons. The molecule has 0 spiro atoms. The van der Waals surface area contributed by atoms with E-state index in [0.29, 0.717) is 17.1 Å². The maximum absolute atomic E-state index is 11.3. The fraction of sp³-hybridized carbons (Fsp3) is 0.143. The Labute approximate surface area is 172 Å². The Morgan fingerprint density at radius 3 is 1.60 bits per heavy atom. The first-order valence-corrected chi connectivity index (χ1v) is 9.08. The molecule has 2 aromatic heterocycles. The van der Waals surface area contributed by atoms with Crippen molar-refractivity contribution in [3.05, 3.63) is 71.0 Å². The molecule has 0 amide bonds. The molecule has 4 rings (SSSR count). The molecule has 0 aliphatic carbocycles. The number of carboxylic acids is 1. The van der Waals surface area contributed by atoms with Gasteiger partial charge in [0.1, 0.15) is 11.4 Å². The van der Waals surface area contributed by atoms with Crippen LogP contribution in [-0.4, -0.2) is 47.7 Å². The van der Waals surface area contributed by atoms with E-state index in [1.54, 1.807) is 0 Å². The van der Waals surface area contributed by atoms with Crippen molar-refractivity contribution in [3.8, 4) is 22.5 Å². The maximum Gasteiger partial charge on any atom is 0.358 e. The number of carbonyl (C=O) groups excluding carboxylic acids is 1. The summed E-state index contributed by atoms with van der Waals surface area (Å²) in [4.78, 5) is 22.1. The number of carbonyl (C=O) groups is 2. The summed E-state index contributed by atoms with van der Waals surface area (Å²) in [5.74, 6) is -1.16. The summed E-state index contributed by atoms with van der Waals surface area (Å²) in [5.41, 5.74) is 5.11. The predicted molar refractivity (Wildman–Crippen MR) is 110 cm³/mol. The highest BCUT2D eigenvalue weighted by molar-refractivity contribution is 5.98. The minimum atomic E-state index is -1.08. The number of H-pyrrole nitrogens is 2. The van der Waals surface area contributed by atoms with Crippen LogP contribution < -0.4 is 0 Å². The largest absolute Gasteiger partial charge is 0.476 e. The van der Waals surface area contributed by atoms with Crippen molar-refractivity contribution in [3.63, 3.8) is 0 Å². The van der Waals surface area contributed by atoms with E-state index in [-0.39, 0.29) is 11.5 Å². The molecular formula is C21H20N6O3. The third-order valence-corrected chi connectivity index (χ3v) is 4.43. The molecule has 9 nitrogen and oxygen atoms in total. The first-order chi connectivity index (χ1) is 14.4. The van der Waals surface area contributed by atoms with Crippen molar-refractivity contribution in [2.45, 2.75) is 20.8 Å². The summed E-state index contributed by atoms with van der Waals surface area (Å²) in [6, 6.07) is 15.2. The van der Waals surface area contributed by atoms with Crippen LogP contribution >= 0.6 is 0 Å². The third-order valence-electron chi connectivity index (χ3n) is 4.43. The zero-order chi connectivity index (χ0) is 21.7. The van der Waals surface area contributed by atoms with E-state index in [2.05, 4.69) is 30.8 Å². The number of benzene rings is 2. The van der Waals surface area contributed by atoms with Crippen molar-refractivity contribution in [2.24, 2.45) is 0 Å². The molecule has 0 aliphatic rings. The standard InChI is InChI=1S/C11H11N3O.C10H9N3O2/c1-7-5-3-4-6-9(7)11-10(8(2)15)12-14-13-11;1-6-4-2-3-5-7(6)8-9(10(14)15)12-13-11-8/h3-6H,1-2H3,(H,12,13,14);2-5H,1H3,(H,14,15)(H,11,12,13). The smallest absolute Gasteiger partial charge is 0.358 e. The molecule has 0 radical (unpaired) electrons. The van der Waals surface area contributed by atoms with E-state index in [4.69, 9.17) is 5.11 Å². The number of hydrogen-bond donors (Lipinski definition) is 3. The quantitative estimate of drug-likeness (QED) is 0.443. The second kappa shape index (κ2) is 8.91. The van der Waals surface area contributed by atoms with Gasteiger partial charge in [0.2, 0.25) is 0 Å². The van der Waals surface area contributed by atoms with Crippen LogP contribution in [0.15, 0.2) is 48.5 Å². The van der Waals surface area contributed by atoms with Gasteiger partial charge in [-0.15, -0.1) is 5.10 Å². The maximum atomic E-state index is 11.3. The summed E-state index contributed by atoms with van der Waals surface area (Å²) in [5, 5.41) is 29.0. The molecular weight excluding hydrogens is 384 g/mol. The number of rotatable bonds is 4. The van der Waals surface area contributed by atoms with Gasteiger partial charge in [0, 0.05) is 18.1 Å². The highest BCUT2D eigenvalue weighted by Gasteiger charge is 2.17. The van der Waals surface area contributed by atoms with Crippen molar-refractivity contribution < 1.29 is 14.7 Å². The summed E-state index contributed by atoms with van der Waals surface area (Å²) < 4.78 is 0. The van der Waals surface area contributed by atoms with Gasteiger partial charge in [-0.2, -0.15) is 25.7 Å². The second-order valence-corrected chi connectivity index (χ2v) is 6.53. The van der Waals surface area contributed by atoms with E-state index in [1.165, 1.54) is 6.92 Å². The Morgan fingerprint density at radius 1 is 0.733 bits per heavy atom. The summed E-state index contributed by atoms with van der Waals surface area (Å²) >= 11 is 0. The molecule has 9 heteroatoms. The zero-order valence-corrected chi connectivity index (χ0v) is 16.7. The van der Waals surface area contributed by atoms with Gasteiger partial charge in [0.05, 0.1) is 0 Å². The minimum Gasteiger partial charge on any atom is -0.476 e. The number of aromatic carboxylic acids is 1. The molecule has 30 heavy (non-hydrogen) atoms. The molecule has 0 bridgehead atoms. The van der Waals surface area contributed by atoms with Gasteiger partial charge in [-0.1, -0.05) is 48.5 Å². The fourth-order valence-corrected chi connectivity index (χ4v) is 2.91. The van der Waals surface area contributed by atoms with Gasteiger partial charge >= 0.3 is 5.97 Å². The normalized spacial score (nSPS) is 10.2. The van der Waals surface area contributed by atoms with Gasteiger partial charge in [-0.05, 0) is 25.0 Å². The Bertz CT molecular complexity index is 1100. The molecule has 0 unspecified atom stereocenters. The molecule has 0 atom stereocenters. The second-order valence-electron chi connectivity index (χ2n) is 6.53. The fourth-order valence-electron chi connectivity index (χ4n) is 2.91. The number of carboxylic acid groups (broad SMARTS) is 1. The summed E-state index contributed by atoms with van der Waals surface area (Å²) in [6.07, 6.45) is 0. The lowest BCUT2D eigenvalue weighted by molar-refractivity contribution is 0.0691. The number of nitrogens with one attached hydrogen (secondary N) is 2. The van der Waals surface area contributed by atoms with Gasteiger partial charge < -0.3 is 5.11 Å². The van der Waals surface area contributed by atoms with E-state index in [1.807, 2.05) is 62.4 Å².